The van der Waals surface area contributed by atoms with Crippen molar-refractivity contribution in [1.82, 2.24) is 14.9 Å². The molecule has 2 aliphatic heterocycles. The van der Waals surface area contributed by atoms with Gasteiger partial charge in [0, 0.05) is 43.9 Å². The third-order valence-electron chi connectivity index (χ3n) is 5.18. The van der Waals surface area contributed by atoms with E-state index in [2.05, 4.69) is 15.3 Å². The fourth-order valence-electron chi connectivity index (χ4n) is 3.74. The highest BCUT2D eigenvalue weighted by Crippen LogP contribution is 2.34. The van der Waals surface area contributed by atoms with Gasteiger partial charge in [-0.2, -0.15) is 0 Å². The number of hydrogen-bond donors (Lipinski definition) is 1. The lowest BCUT2D eigenvalue weighted by molar-refractivity contribution is -0.130. The van der Waals surface area contributed by atoms with Crippen molar-refractivity contribution in [1.29, 1.82) is 0 Å². The normalized spacial score (nSPS) is 24.5. The summed E-state index contributed by atoms with van der Waals surface area (Å²) in [5.74, 6) is 0.805. The number of aromatic nitrogens is 2. The summed E-state index contributed by atoms with van der Waals surface area (Å²) in [4.78, 5) is 22.7. The summed E-state index contributed by atoms with van der Waals surface area (Å²) in [6.45, 7) is 2.61. The highest BCUT2D eigenvalue weighted by molar-refractivity contribution is 5.79. The first-order valence-corrected chi connectivity index (χ1v) is 8.84. The molecule has 1 amide bonds. The summed E-state index contributed by atoms with van der Waals surface area (Å²) < 4.78 is 19.7. The monoisotopic (exact) mass is 356 g/mol. The van der Waals surface area contributed by atoms with Gasteiger partial charge in [0.15, 0.2) is 0 Å². The van der Waals surface area contributed by atoms with E-state index in [-0.39, 0.29) is 30.2 Å². The Morgan fingerprint density at radius 3 is 2.85 bits per heavy atom. The molecule has 4 rings (SSSR count). The van der Waals surface area contributed by atoms with Crippen LogP contribution >= 0.6 is 0 Å². The highest BCUT2D eigenvalue weighted by Gasteiger charge is 2.44. The topological polar surface area (TPSA) is 67.4 Å². The zero-order valence-electron chi connectivity index (χ0n) is 14.3. The number of anilines is 1. The number of hydrogen-bond acceptors (Lipinski definition) is 5. The number of fused-ring (bicyclic) bond motifs is 1. The maximum Gasteiger partial charge on any atom is 0.227 e. The van der Waals surface area contributed by atoms with Gasteiger partial charge in [0.1, 0.15) is 5.82 Å². The number of nitrogens with one attached hydrogen (secondary N) is 1. The molecule has 1 N–H and O–H groups in total. The van der Waals surface area contributed by atoms with Crippen LogP contribution in [0.1, 0.15) is 5.56 Å². The van der Waals surface area contributed by atoms with Gasteiger partial charge in [0.2, 0.25) is 11.9 Å². The van der Waals surface area contributed by atoms with Crippen molar-refractivity contribution in [2.75, 3.05) is 31.6 Å². The molecule has 7 heteroatoms. The largest absolute Gasteiger partial charge is 0.376 e. The van der Waals surface area contributed by atoms with Crippen molar-refractivity contribution >= 4 is 11.9 Å². The van der Waals surface area contributed by atoms with Crippen LogP contribution in [0, 0.1) is 17.7 Å². The van der Waals surface area contributed by atoms with Crippen LogP contribution in [0.3, 0.4) is 0 Å². The van der Waals surface area contributed by atoms with Crippen molar-refractivity contribution in [3.8, 4) is 0 Å². The van der Waals surface area contributed by atoms with E-state index in [1.54, 1.807) is 41.6 Å². The van der Waals surface area contributed by atoms with Crippen molar-refractivity contribution < 1.29 is 13.9 Å². The van der Waals surface area contributed by atoms with E-state index in [0.717, 1.165) is 0 Å². The van der Waals surface area contributed by atoms with E-state index in [1.807, 2.05) is 0 Å². The molecule has 1 aromatic heterocycles. The molecule has 26 heavy (non-hydrogen) atoms. The van der Waals surface area contributed by atoms with Gasteiger partial charge in [-0.3, -0.25) is 4.79 Å². The predicted molar refractivity (Wildman–Crippen MR) is 93.9 cm³/mol. The Morgan fingerprint density at radius 1 is 1.23 bits per heavy atom. The van der Waals surface area contributed by atoms with Gasteiger partial charge in [-0.05, 0) is 17.7 Å². The van der Waals surface area contributed by atoms with Crippen LogP contribution < -0.4 is 5.32 Å². The van der Waals surface area contributed by atoms with Crippen LogP contribution in [0.2, 0.25) is 0 Å². The van der Waals surface area contributed by atoms with Crippen LogP contribution in [-0.2, 0) is 16.0 Å². The molecule has 0 bridgehead atoms. The van der Waals surface area contributed by atoms with Gasteiger partial charge in [0.05, 0.1) is 19.1 Å². The summed E-state index contributed by atoms with van der Waals surface area (Å²) >= 11 is 0. The molecular formula is C19H21FN4O2. The number of likely N-dealkylation sites (tertiary alicyclic amines) is 1. The quantitative estimate of drug-likeness (QED) is 0.884. The average molecular weight is 356 g/mol. The number of benzene rings is 1. The highest BCUT2D eigenvalue weighted by atomic mass is 19.1. The summed E-state index contributed by atoms with van der Waals surface area (Å²) in [6.07, 6.45) is 3.54. The summed E-state index contributed by atoms with van der Waals surface area (Å²) in [5, 5.41) is 3.24. The molecule has 2 aromatic rings. The Bertz CT molecular complexity index is 773. The minimum atomic E-state index is -0.332. The average Bonchev–Trinajstić information content (AvgIpc) is 3.24. The standard InChI is InChI=1S/C19H21FN4O2/c20-16-5-2-1-4-13(16)8-18(25)24-10-15-14(12-26-17(15)11-24)9-23-19-21-6-3-7-22-19/h1-7,14-15,17H,8-12H2,(H,21,22,23)/t14-,15+,17+/m1/s1. The molecule has 0 saturated carbocycles. The molecule has 0 unspecified atom stereocenters. The number of carbonyl (C=O) groups excluding carboxylic acids is 1. The van der Waals surface area contributed by atoms with E-state index in [9.17, 15) is 9.18 Å². The van der Waals surface area contributed by atoms with E-state index in [1.165, 1.54) is 6.07 Å². The Balaban J connectivity index is 1.34. The molecule has 0 spiro atoms. The van der Waals surface area contributed by atoms with Crippen LogP contribution in [0.5, 0.6) is 0 Å². The Kier molecular flexibility index (Phi) is 4.79. The fourth-order valence-corrected chi connectivity index (χ4v) is 3.74. The van der Waals surface area contributed by atoms with E-state index >= 15 is 0 Å². The van der Waals surface area contributed by atoms with Crippen molar-refractivity contribution in [2.24, 2.45) is 11.8 Å². The molecular weight excluding hydrogens is 335 g/mol. The van der Waals surface area contributed by atoms with E-state index < -0.39 is 0 Å². The number of ether oxygens (including phenoxy) is 1. The van der Waals surface area contributed by atoms with Crippen molar-refractivity contribution in [3.05, 3.63) is 54.1 Å². The number of amides is 1. The summed E-state index contributed by atoms with van der Waals surface area (Å²) in [5.41, 5.74) is 0.440. The molecule has 3 atom stereocenters. The number of rotatable bonds is 5. The smallest absolute Gasteiger partial charge is 0.227 e. The Hall–Kier alpha value is -2.54. The van der Waals surface area contributed by atoms with Crippen molar-refractivity contribution in [2.45, 2.75) is 12.5 Å². The maximum atomic E-state index is 13.8. The first kappa shape index (κ1) is 16.9. The third kappa shape index (κ3) is 3.53. The number of halogens is 1. The van der Waals surface area contributed by atoms with Gasteiger partial charge in [-0.15, -0.1) is 0 Å². The van der Waals surface area contributed by atoms with Crippen LogP contribution in [0.15, 0.2) is 42.7 Å². The third-order valence-corrected chi connectivity index (χ3v) is 5.18. The number of carbonyl (C=O) groups is 1. The Labute approximate surface area is 151 Å². The molecule has 2 saturated heterocycles. The maximum absolute atomic E-state index is 13.8. The molecule has 6 nitrogen and oxygen atoms in total. The predicted octanol–water partition coefficient (Wildman–Crippen LogP) is 1.74. The van der Waals surface area contributed by atoms with E-state index in [4.69, 9.17) is 4.74 Å². The molecule has 1 aromatic carbocycles. The van der Waals surface area contributed by atoms with Gasteiger partial charge in [-0.25, -0.2) is 14.4 Å². The second-order valence-corrected chi connectivity index (χ2v) is 6.82. The van der Waals surface area contributed by atoms with Gasteiger partial charge < -0.3 is 15.0 Å². The second-order valence-electron chi connectivity index (χ2n) is 6.82. The number of nitrogens with zero attached hydrogens (tertiary/aromatic N) is 3. The summed E-state index contributed by atoms with van der Waals surface area (Å²) in [7, 11) is 0. The lowest BCUT2D eigenvalue weighted by atomic mass is 9.93. The first-order chi connectivity index (χ1) is 12.7. The van der Waals surface area contributed by atoms with Gasteiger partial charge in [0.25, 0.3) is 0 Å². The molecule has 2 aliphatic rings. The second kappa shape index (κ2) is 7.37. The Morgan fingerprint density at radius 2 is 2.04 bits per heavy atom. The van der Waals surface area contributed by atoms with Crippen LogP contribution in [-0.4, -0.2) is 53.1 Å². The zero-order valence-corrected chi connectivity index (χ0v) is 14.3. The SMILES string of the molecule is O=C(Cc1ccccc1F)N1C[C@H]2[C@H](CNc3ncccn3)CO[C@H]2C1. The molecule has 3 heterocycles. The first-order valence-electron chi connectivity index (χ1n) is 8.84. The van der Waals surface area contributed by atoms with Crippen LogP contribution in [0.4, 0.5) is 10.3 Å². The molecule has 0 aliphatic carbocycles. The van der Waals surface area contributed by atoms with Gasteiger partial charge >= 0.3 is 0 Å². The van der Waals surface area contributed by atoms with Crippen molar-refractivity contribution in [3.63, 3.8) is 0 Å². The van der Waals surface area contributed by atoms with Gasteiger partial charge in [-0.1, -0.05) is 18.2 Å². The lowest BCUT2D eigenvalue weighted by Gasteiger charge is -2.20. The van der Waals surface area contributed by atoms with Crippen LogP contribution in [0.25, 0.3) is 0 Å². The molecule has 136 valence electrons. The zero-order chi connectivity index (χ0) is 17.9. The lowest BCUT2D eigenvalue weighted by Crippen LogP contribution is -2.33. The molecule has 0 radical (unpaired) electrons. The summed E-state index contributed by atoms with van der Waals surface area (Å²) in [6, 6.07) is 8.20. The van der Waals surface area contributed by atoms with E-state index in [0.29, 0.717) is 43.7 Å². The molecule has 2 fully saturated rings. The minimum absolute atomic E-state index is 0.0498. The fraction of sp³-hybridized carbons (Fsp3) is 0.421. The minimum Gasteiger partial charge on any atom is -0.376 e.